The van der Waals surface area contributed by atoms with Crippen LogP contribution in [-0.2, 0) is 27.9 Å². The standard InChI is InChI=1S/C12H19N3O4S/c1-14(2)20(16,17)15-5-3-11-10(7-15)13-12(19-11)9-4-6-18-8-9/h9H,3-8H2,1-2H3. The molecule has 1 atom stereocenters. The Kier molecular flexibility index (Phi) is 3.57. The lowest BCUT2D eigenvalue weighted by Gasteiger charge is -2.27. The van der Waals surface area contributed by atoms with Crippen molar-refractivity contribution >= 4 is 10.2 Å². The summed E-state index contributed by atoms with van der Waals surface area (Å²) in [4.78, 5) is 4.48. The number of oxazole rings is 1. The Hall–Kier alpha value is -0.960. The van der Waals surface area contributed by atoms with Gasteiger partial charge in [-0.3, -0.25) is 0 Å². The predicted molar refractivity (Wildman–Crippen MR) is 71.4 cm³/mol. The zero-order valence-electron chi connectivity index (χ0n) is 11.7. The van der Waals surface area contributed by atoms with Crippen LogP contribution in [0.2, 0.25) is 0 Å². The molecule has 1 unspecified atom stereocenters. The topological polar surface area (TPSA) is 75.9 Å². The van der Waals surface area contributed by atoms with E-state index in [9.17, 15) is 8.42 Å². The van der Waals surface area contributed by atoms with Crippen LogP contribution >= 0.6 is 0 Å². The number of rotatable bonds is 3. The highest BCUT2D eigenvalue weighted by atomic mass is 32.2. The van der Waals surface area contributed by atoms with Gasteiger partial charge in [0.25, 0.3) is 10.2 Å². The number of hydrogen-bond acceptors (Lipinski definition) is 5. The van der Waals surface area contributed by atoms with Crippen LogP contribution in [-0.4, -0.2) is 55.9 Å². The second-order valence-corrected chi connectivity index (χ2v) is 7.50. The minimum atomic E-state index is -3.39. The quantitative estimate of drug-likeness (QED) is 0.805. The summed E-state index contributed by atoms with van der Waals surface area (Å²) in [6.45, 7) is 2.09. The van der Waals surface area contributed by atoms with Crippen LogP contribution in [0.5, 0.6) is 0 Å². The normalized spacial score (nSPS) is 24.2. The van der Waals surface area contributed by atoms with Crippen molar-refractivity contribution in [3.63, 3.8) is 0 Å². The van der Waals surface area contributed by atoms with E-state index in [0.717, 1.165) is 24.5 Å². The van der Waals surface area contributed by atoms with Gasteiger partial charge < -0.3 is 9.15 Å². The molecule has 0 aliphatic carbocycles. The van der Waals surface area contributed by atoms with E-state index < -0.39 is 10.2 Å². The van der Waals surface area contributed by atoms with Crippen molar-refractivity contribution in [3.8, 4) is 0 Å². The summed E-state index contributed by atoms with van der Waals surface area (Å²) in [5, 5.41) is 0. The number of fused-ring (bicyclic) bond motifs is 1. The minimum absolute atomic E-state index is 0.208. The first-order valence-electron chi connectivity index (χ1n) is 6.72. The third-order valence-corrected chi connectivity index (χ3v) is 5.66. The maximum absolute atomic E-state index is 12.1. The Labute approximate surface area is 118 Å². The van der Waals surface area contributed by atoms with Crippen LogP contribution < -0.4 is 0 Å². The van der Waals surface area contributed by atoms with E-state index in [-0.39, 0.29) is 12.5 Å². The highest BCUT2D eigenvalue weighted by molar-refractivity contribution is 7.86. The lowest BCUT2D eigenvalue weighted by Crippen LogP contribution is -2.42. The Morgan fingerprint density at radius 3 is 2.85 bits per heavy atom. The molecule has 1 aromatic heterocycles. The molecule has 0 amide bonds. The highest BCUT2D eigenvalue weighted by Crippen LogP contribution is 2.29. The molecule has 0 N–H and O–H groups in total. The Morgan fingerprint density at radius 1 is 1.40 bits per heavy atom. The van der Waals surface area contributed by atoms with E-state index in [4.69, 9.17) is 9.15 Å². The molecule has 0 radical (unpaired) electrons. The van der Waals surface area contributed by atoms with Crippen molar-refractivity contribution < 1.29 is 17.6 Å². The summed E-state index contributed by atoms with van der Waals surface area (Å²) < 4.78 is 38.0. The Bertz CT molecular complexity index is 590. The predicted octanol–water partition coefficient (Wildman–Crippen LogP) is 0.343. The summed E-state index contributed by atoms with van der Waals surface area (Å²) >= 11 is 0. The van der Waals surface area contributed by atoms with Crippen LogP contribution in [0.25, 0.3) is 0 Å². The van der Waals surface area contributed by atoms with Gasteiger partial charge in [0.1, 0.15) is 5.76 Å². The average Bonchev–Trinajstić information content (AvgIpc) is 3.06. The Morgan fingerprint density at radius 2 is 2.20 bits per heavy atom. The first kappa shape index (κ1) is 14.0. The molecule has 2 aliphatic heterocycles. The third-order valence-electron chi connectivity index (χ3n) is 3.78. The zero-order valence-corrected chi connectivity index (χ0v) is 12.5. The fraction of sp³-hybridized carbons (Fsp3) is 0.750. The fourth-order valence-electron chi connectivity index (χ4n) is 2.53. The summed E-state index contributed by atoms with van der Waals surface area (Å²) in [6, 6.07) is 0. The molecule has 3 heterocycles. The van der Waals surface area contributed by atoms with Gasteiger partial charge in [-0.25, -0.2) is 4.98 Å². The van der Waals surface area contributed by atoms with E-state index in [1.54, 1.807) is 0 Å². The van der Waals surface area contributed by atoms with Crippen molar-refractivity contribution in [3.05, 3.63) is 17.3 Å². The summed E-state index contributed by atoms with van der Waals surface area (Å²) in [7, 11) is -0.319. The number of ether oxygens (including phenoxy) is 1. The van der Waals surface area contributed by atoms with Crippen LogP contribution in [0, 0.1) is 0 Å². The van der Waals surface area contributed by atoms with E-state index in [1.807, 2.05) is 0 Å². The van der Waals surface area contributed by atoms with Crippen LogP contribution in [0.3, 0.4) is 0 Å². The Balaban J connectivity index is 1.81. The first-order chi connectivity index (χ1) is 9.48. The molecule has 0 spiro atoms. The van der Waals surface area contributed by atoms with Gasteiger partial charge >= 0.3 is 0 Å². The maximum Gasteiger partial charge on any atom is 0.281 e. The minimum Gasteiger partial charge on any atom is -0.445 e. The van der Waals surface area contributed by atoms with E-state index in [0.29, 0.717) is 25.5 Å². The zero-order chi connectivity index (χ0) is 14.3. The van der Waals surface area contributed by atoms with Crippen molar-refractivity contribution in [1.82, 2.24) is 13.6 Å². The molecule has 0 aromatic carbocycles. The molecule has 2 aliphatic rings. The van der Waals surface area contributed by atoms with Crippen LogP contribution in [0.4, 0.5) is 0 Å². The number of aromatic nitrogens is 1. The van der Waals surface area contributed by atoms with Crippen molar-refractivity contribution in [2.24, 2.45) is 0 Å². The maximum atomic E-state index is 12.1. The van der Waals surface area contributed by atoms with Crippen molar-refractivity contribution in [1.29, 1.82) is 0 Å². The third kappa shape index (κ3) is 2.37. The average molecular weight is 301 g/mol. The molecule has 1 saturated heterocycles. The fourth-order valence-corrected chi connectivity index (χ4v) is 3.60. The molecule has 1 fully saturated rings. The number of hydrogen-bond donors (Lipinski definition) is 0. The monoisotopic (exact) mass is 301 g/mol. The van der Waals surface area contributed by atoms with Crippen LogP contribution in [0.15, 0.2) is 4.42 Å². The smallest absolute Gasteiger partial charge is 0.281 e. The van der Waals surface area contributed by atoms with Gasteiger partial charge in [-0.1, -0.05) is 0 Å². The first-order valence-corrected chi connectivity index (χ1v) is 8.12. The highest BCUT2D eigenvalue weighted by Gasteiger charge is 2.33. The molecule has 8 heteroatoms. The summed E-state index contributed by atoms with van der Waals surface area (Å²) in [5.74, 6) is 1.72. The largest absolute Gasteiger partial charge is 0.445 e. The summed E-state index contributed by atoms with van der Waals surface area (Å²) in [6.07, 6.45) is 1.49. The molecule has 0 bridgehead atoms. The molecular formula is C12H19N3O4S. The molecule has 20 heavy (non-hydrogen) atoms. The molecular weight excluding hydrogens is 282 g/mol. The van der Waals surface area contributed by atoms with Gasteiger partial charge in [-0.15, -0.1) is 0 Å². The van der Waals surface area contributed by atoms with Crippen molar-refractivity contribution in [2.45, 2.75) is 25.3 Å². The SMILES string of the molecule is CN(C)S(=O)(=O)N1CCc2oc(C3CCOC3)nc2C1. The number of nitrogens with zero attached hydrogens (tertiary/aromatic N) is 3. The van der Waals surface area contributed by atoms with E-state index >= 15 is 0 Å². The molecule has 1 aromatic rings. The van der Waals surface area contributed by atoms with Crippen molar-refractivity contribution in [2.75, 3.05) is 33.9 Å². The van der Waals surface area contributed by atoms with E-state index in [2.05, 4.69) is 4.98 Å². The van der Waals surface area contributed by atoms with Gasteiger partial charge in [0.2, 0.25) is 0 Å². The van der Waals surface area contributed by atoms with Gasteiger partial charge in [0, 0.05) is 33.7 Å². The van der Waals surface area contributed by atoms with Gasteiger partial charge in [-0.05, 0) is 6.42 Å². The van der Waals surface area contributed by atoms with Gasteiger partial charge in [0.15, 0.2) is 5.89 Å². The molecule has 112 valence electrons. The van der Waals surface area contributed by atoms with E-state index in [1.165, 1.54) is 22.7 Å². The molecule has 3 rings (SSSR count). The van der Waals surface area contributed by atoms with Gasteiger partial charge in [0.05, 0.1) is 24.8 Å². The van der Waals surface area contributed by atoms with Crippen LogP contribution in [0.1, 0.15) is 29.7 Å². The second-order valence-electron chi connectivity index (χ2n) is 5.36. The second kappa shape index (κ2) is 5.10. The molecule has 7 nitrogen and oxygen atoms in total. The lowest BCUT2D eigenvalue weighted by atomic mass is 10.1. The lowest BCUT2D eigenvalue weighted by molar-refractivity contribution is 0.190. The van der Waals surface area contributed by atoms with Gasteiger partial charge in [-0.2, -0.15) is 17.0 Å². The molecule has 0 saturated carbocycles. The summed E-state index contributed by atoms with van der Waals surface area (Å²) in [5.41, 5.74) is 0.739.